The number of halogens is 1. The zero-order valence-electron chi connectivity index (χ0n) is 14.2. The van der Waals surface area contributed by atoms with Gasteiger partial charge in [0.05, 0.1) is 24.6 Å². The van der Waals surface area contributed by atoms with Gasteiger partial charge in [0.25, 0.3) is 0 Å². The molecule has 1 N–H and O–H groups in total. The minimum atomic E-state index is -0.489. The molecule has 25 heavy (non-hydrogen) atoms. The van der Waals surface area contributed by atoms with Gasteiger partial charge in [0, 0.05) is 24.9 Å². The van der Waals surface area contributed by atoms with Crippen LogP contribution in [0.1, 0.15) is 6.92 Å². The van der Waals surface area contributed by atoms with Gasteiger partial charge in [-0.3, -0.25) is 0 Å². The lowest BCUT2D eigenvalue weighted by Gasteiger charge is -2.13. The molecule has 0 fully saturated rings. The predicted molar refractivity (Wildman–Crippen MR) is 93.3 cm³/mol. The topological polar surface area (TPSA) is 65.5 Å². The van der Waals surface area contributed by atoms with Crippen molar-refractivity contribution in [3.63, 3.8) is 0 Å². The number of nitrogens with one attached hydrogen (secondary N) is 1. The van der Waals surface area contributed by atoms with E-state index in [1.807, 2.05) is 6.92 Å². The number of hydrogen-bond acceptors (Lipinski definition) is 6. The van der Waals surface area contributed by atoms with E-state index in [1.54, 1.807) is 38.4 Å². The summed E-state index contributed by atoms with van der Waals surface area (Å²) in [5.41, 5.74) is 1.27. The van der Waals surface area contributed by atoms with Crippen LogP contribution in [0.4, 0.5) is 10.1 Å². The van der Waals surface area contributed by atoms with E-state index in [1.165, 1.54) is 12.4 Å². The quantitative estimate of drug-likeness (QED) is 0.729. The van der Waals surface area contributed by atoms with Gasteiger partial charge >= 0.3 is 0 Å². The number of nitrogens with zero attached hydrogens (tertiary/aromatic N) is 2. The molecule has 0 radical (unpaired) electrons. The Morgan fingerprint density at radius 2 is 1.92 bits per heavy atom. The van der Waals surface area contributed by atoms with Crippen LogP contribution in [0, 0.1) is 5.82 Å². The summed E-state index contributed by atoms with van der Waals surface area (Å²) in [5.74, 6) is 0.928. The summed E-state index contributed by atoms with van der Waals surface area (Å²) >= 11 is 0. The summed E-state index contributed by atoms with van der Waals surface area (Å²) in [6, 6.07) is 8.07. The molecule has 0 aliphatic carbocycles. The molecule has 0 saturated heterocycles. The number of ether oxygens (including phenoxy) is 3. The van der Waals surface area contributed by atoms with Crippen molar-refractivity contribution in [2.75, 3.05) is 26.1 Å². The van der Waals surface area contributed by atoms with Crippen LogP contribution in [-0.2, 0) is 0 Å². The standard InChI is InChI=1S/C18H18FN3O3/c1-4-24-17-9-14-12(8-16(17)23-3)18(22-10-21-14)25-15-6-5-11(20-2)7-13(15)19/h5-10,20H,4H2,1-3H3. The van der Waals surface area contributed by atoms with Gasteiger partial charge in [-0.05, 0) is 25.1 Å². The van der Waals surface area contributed by atoms with Crippen LogP contribution in [0.15, 0.2) is 36.7 Å². The van der Waals surface area contributed by atoms with Gasteiger partial charge in [-0.2, -0.15) is 0 Å². The molecule has 3 rings (SSSR count). The average molecular weight is 343 g/mol. The highest BCUT2D eigenvalue weighted by atomic mass is 19.1. The molecule has 6 nitrogen and oxygen atoms in total. The maximum Gasteiger partial charge on any atom is 0.230 e. The molecule has 0 saturated carbocycles. The third-order valence-corrected chi connectivity index (χ3v) is 3.61. The van der Waals surface area contributed by atoms with Crippen LogP contribution in [0.25, 0.3) is 10.9 Å². The first-order valence-corrected chi connectivity index (χ1v) is 7.77. The van der Waals surface area contributed by atoms with E-state index in [0.717, 1.165) is 0 Å². The molecule has 130 valence electrons. The van der Waals surface area contributed by atoms with Gasteiger partial charge in [-0.15, -0.1) is 0 Å². The monoisotopic (exact) mass is 343 g/mol. The Kier molecular flexibility index (Phi) is 4.83. The minimum Gasteiger partial charge on any atom is -0.493 e. The highest BCUT2D eigenvalue weighted by Crippen LogP contribution is 2.36. The molecule has 2 aromatic carbocycles. The second-order valence-electron chi connectivity index (χ2n) is 5.13. The Labute approximate surface area is 144 Å². The number of benzene rings is 2. The molecule has 1 aromatic heterocycles. The zero-order chi connectivity index (χ0) is 17.8. The molecule has 0 amide bonds. The number of aromatic nitrogens is 2. The maximum atomic E-state index is 14.2. The minimum absolute atomic E-state index is 0.0758. The number of hydrogen-bond donors (Lipinski definition) is 1. The third-order valence-electron chi connectivity index (χ3n) is 3.61. The summed E-state index contributed by atoms with van der Waals surface area (Å²) < 4.78 is 30.7. The molecular weight excluding hydrogens is 325 g/mol. The second-order valence-corrected chi connectivity index (χ2v) is 5.13. The molecule has 0 atom stereocenters. The van der Waals surface area contributed by atoms with Crippen molar-refractivity contribution in [2.45, 2.75) is 6.92 Å². The van der Waals surface area contributed by atoms with Crippen molar-refractivity contribution in [2.24, 2.45) is 0 Å². The molecule has 0 unspecified atom stereocenters. The number of fused-ring (bicyclic) bond motifs is 1. The van der Waals surface area contributed by atoms with Crippen LogP contribution in [-0.4, -0.2) is 30.7 Å². The Morgan fingerprint density at radius 3 is 2.60 bits per heavy atom. The Morgan fingerprint density at radius 1 is 1.08 bits per heavy atom. The van der Waals surface area contributed by atoms with E-state index in [2.05, 4.69) is 15.3 Å². The van der Waals surface area contributed by atoms with Crippen molar-refractivity contribution < 1.29 is 18.6 Å². The van der Waals surface area contributed by atoms with Gasteiger partial charge in [-0.25, -0.2) is 14.4 Å². The lowest BCUT2D eigenvalue weighted by Crippen LogP contribution is -1.98. The van der Waals surface area contributed by atoms with Crippen molar-refractivity contribution >= 4 is 16.6 Å². The van der Waals surface area contributed by atoms with Crippen molar-refractivity contribution in [1.29, 1.82) is 0 Å². The highest BCUT2D eigenvalue weighted by molar-refractivity contribution is 5.87. The Hall–Kier alpha value is -3.09. The number of methoxy groups -OCH3 is 1. The van der Waals surface area contributed by atoms with E-state index >= 15 is 0 Å². The van der Waals surface area contributed by atoms with E-state index < -0.39 is 5.82 Å². The normalized spacial score (nSPS) is 10.6. The maximum absolute atomic E-state index is 14.2. The van der Waals surface area contributed by atoms with Gasteiger partial charge in [0.1, 0.15) is 6.33 Å². The van der Waals surface area contributed by atoms with Crippen LogP contribution < -0.4 is 19.5 Å². The first kappa shape index (κ1) is 16.8. The SMILES string of the molecule is CCOc1cc2ncnc(Oc3ccc(NC)cc3F)c2cc1OC. The van der Waals surface area contributed by atoms with Crippen molar-refractivity contribution in [3.8, 4) is 23.1 Å². The van der Waals surface area contributed by atoms with Gasteiger partial charge in [-0.1, -0.05) is 0 Å². The van der Waals surface area contributed by atoms with Gasteiger partial charge in [0.2, 0.25) is 5.88 Å². The average Bonchev–Trinajstić information content (AvgIpc) is 2.63. The van der Waals surface area contributed by atoms with Crippen LogP contribution in [0.2, 0.25) is 0 Å². The summed E-state index contributed by atoms with van der Waals surface area (Å²) in [5, 5.41) is 3.47. The zero-order valence-corrected chi connectivity index (χ0v) is 14.2. The first-order chi connectivity index (χ1) is 12.2. The fourth-order valence-corrected chi connectivity index (χ4v) is 2.39. The molecule has 7 heteroatoms. The van der Waals surface area contributed by atoms with E-state index in [-0.39, 0.29) is 11.6 Å². The second kappa shape index (κ2) is 7.21. The summed E-state index contributed by atoms with van der Waals surface area (Å²) in [7, 11) is 3.26. The lowest BCUT2D eigenvalue weighted by atomic mass is 10.2. The van der Waals surface area contributed by atoms with Crippen LogP contribution in [0.3, 0.4) is 0 Å². The van der Waals surface area contributed by atoms with Crippen LogP contribution >= 0.6 is 0 Å². The van der Waals surface area contributed by atoms with E-state index in [4.69, 9.17) is 14.2 Å². The Balaban J connectivity index is 2.04. The van der Waals surface area contributed by atoms with E-state index in [9.17, 15) is 4.39 Å². The molecule has 0 bridgehead atoms. The first-order valence-electron chi connectivity index (χ1n) is 7.77. The molecular formula is C18H18FN3O3. The fraction of sp³-hybridized carbons (Fsp3) is 0.222. The molecule has 0 aliphatic heterocycles. The summed E-state index contributed by atoms with van der Waals surface area (Å²) in [4.78, 5) is 8.35. The largest absolute Gasteiger partial charge is 0.493 e. The molecule has 1 heterocycles. The fourth-order valence-electron chi connectivity index (χ4n) is 2.39. The molecule has 0 aliphatic rings. The number of anilines is 1. The Bertz CT molecular complexity index is 902. The highest BCUT2D eigenvalue weighted by Gasteiger charge is 2.14. The third kappa shape index (κ3) is 3.40. The summed E-state index contributed by atoms with van der Waals surface area (Å²) in [6.45, 7) is 2.38. The number of rotatable bonds is 6. The van der Waals surface area contributed by atoms with Crippen molar-refractivity contribution in [1.82, 2.24) is 9.97 Å². The van der Waals surface area contributed by atoms with Crippen LogP contribution in [0.5, 0.6) is 23.1 Å². The van der Waals surface area contributed by atoms with E-state index in [0.29, 0.717) is 34.7 Å². The predicted octanol–water partition coefficient (Wildman–Crippen LogP) is 4.01. The molecule has 3 aromatic rings. The van der Waals surface area contributed by atoms with Gasteiger partial charge in [0.15, 0.2) is 23.1 Å². The van der Waals surface area contributed by atoms with Crippen molar-refractivity contribution in [3.05, 3.63) is 42.5 Å². The van der Waals surface area contributed by atoms with Gasteiger partial charge < -0.3 is 19.5 Å². The lowest BCUT2D eigenvalue weighted by molar-refractivity contribution is 0.311. The smallest absolute Gasteiger partial charge is 0.230 e. The molecule has 0 spiro atoms. The summed E-state index contributed by atoms with van der Waals surface area (Å²) in [6.07, 6.45) is 1.36.